The van der Waals surface area contributed by atoms with Gasteiger partial charge in [-0.05, 0) is 42.8 Å². The molecule has 0 aliphatic carbocycles. The Bertz CT molecular complexity index is 965. The number of halogens is 4. The van der Waals surface area contributed by atoms with E-state index in [1.54, 1.807) is 0 Å². The minimum Gasteiger partial charge on any atom is -0.396 e. The second-order valence-corrected chi connectivity index (χ2v) is 7.75. The number of hydrogen-bond donors (Lipinski definition) is 3. The van der Waals surface area contributed by atoms with Crippen molar-refractivity contribution in [3.63, 3.8) is 0 Å². The highest BCUT2D eigenvalue weighted by atomic mass is 35.5. The molecule has 0 bridgehead atoms. The fourth-order valence-electron chi connectivity index (χ4n) is 2.19. The van der Waals surface area contributed by atoms with Crippen molar-refractivity contribution in [1.82, 2.24) is 5.32 Å². The fourth-order valence-corrected chi connectivity index (χ4v) is 3.47. The highest BCUT2D eigenvalue weighted by Crippen LogP contribution is 2.31. The number of aliphatic hydroxyl groups is 1. The monoisotopic (exact) mass is 436 g/mol. The maximum atomic E-state index is 12.8. The predicted octanol–water partition coefficient (Wildman–Crippen LogP) is 3.27. The largest absolute Gasteiger partial charge is 0.416 e. The number of sulfonamides is 1. The summed E-state index contributed by atoms with van der Waals surface area (Å²) >= 11 is 5.93. The standard InChI is InChI=1S/C17H16ClF3N2O4S/c18-15-6-5-13(10-14(15)16(25)22-7-2-8-24)28(26,27)23-12-4-1-3-11(9-12)17(19,20)21/h1,3-6,9-10,23-24H,2,7-8H2,(H,22,25). The Labute approximate surface area is 164 Å². The second-order valence-electron chi connectivity index (χ2n) is 5.66. The molecule has 0 spiro atoms. The molecule has 2 aromatic carbocycles. The molecule has 6 nitrogen and oxygen atoms in total. The molecule has 0 heterocycles. The fraction of sp³-hybridized carbons (Fsp3) is 0.235. The van der Waals surface area contributed by atoms with Crippen LogP contribution in [0.5, 0.6) is 0 Å². The van der Waals surface area contributed by atoms with Crippen LogP contribution in [0.4, 0.5) is 18.9 Å². The average Bonchev–Trinajstić information content (AvgIpc) is 2.61. The van der Waals surface area contributed by atoms with Gasteiger partial charge in [-0.3, -0.25) is 9.52 Å². The summed E-state index contributed by atoms with van der Waals surface area (Å²) in [4.78, 5) is 11.8. The van der Waals surface area contributed by atoms with E-state index in [0.29, 0.717) is 12.5 Å². The smallest absolute Gasteiger partial charge is 0.396 e. The average molecular weight is 437 g/mol. The summed E-state index contributed by atoms with van der Waals surface area (Å²) in [6, 6.07) is 7.07. The van der Waals surface area contributed by atoms with Gasteiger partial charge in [-0.25, -0.2) is 8.42 Å². The molecule has 1 amide bonds. The number of benzene rings is 2. The second kappa shape index (κ2) is 8.80. The van der Waals surface area contributed by atoms with E-state index in [0.717, 1.165) is 24.3 Å². The van der Waals surface area contributed by atoms with Crippen LogP contribution in [0, 0.1) is 0 Å². The van der Waals surface area contributed by atoms with E-state index in [1.807, 2.05) is 4.72 Å². The third-order valence-electron chi connectivity index (χ3n) is 3.56. The van der Waals surface area contributed by atoms with Crippen molar-refractivity contribution in [2.45, 2.75) is 17.5 Å². The zero-order valence-electron chi connectivity index (χ0n) is 14.3. The molecule has 11 heteroatoms. The van der Waals surface area contributed by atoms with Crippen molar-refractivity contribution in [2.75, 3.05) is 17.9 Å². The summed E-state index contributed by atoms with van der Waals surface area (Å²) in [5.74, 6) is -0.644. The zero-order chi connectivity index (χ0) is 20.9. The van der Waals surface area contributed by atoms with Crippen molar-refractivity contribution in [3.8, 4) is 0 Å². The lowest BCUT2D eigenvalue weighted by atomic mass is 10.2. The number of hydrogen-bond acceptors (Lipinski definition) is 4. The number of aliphatic hydroxyl groups excluding tert-OH is 1. The van der Waals surface area contributed by atoms with Gasteiger partial charge in [-0.1, -0.05) is 17.7 Å². The topological polar surface area (TPSA) is 95.5 Å². The molecule has 2 aromatic rings. The Kier molecular flexibility index (Phi) is 6.91. The Morgan fingerprint density at radius 3 is 2.50 bits per heavy atom. The molecule has 0 aromatic heterocycles. The van der Waals surface area contributed by atoms with E-state index in [4.69, 9.17) is 16.7 Å². The number of carbonyl (C=O) groups excluding carboxylic acids is 1. The van der Waals surface area contributed by atoms with Crippen molar-refractivity contribution >= 4 is 33.2 Å². The van der Waals surface area contributed by atoms with Crippen LogP contribution >= 0.6 is 11.6 Å². The van der Waals surface area contributed by atoms with Crippen LogP contribution in [-0.2, 0) is 16.2 Å². The first kappa shape index (κ1) is 22.0. The Hall–Kier alpha value is -2.30. The molecule has 0 atom stereocenters. The van der Waals surface area contributed by atoms with Crippen molar-refractivity contribution in [2.24, 2.45) is 0 Å². The van der Waals surface area contributed by atoms with Gasteiger partial charge in [0.25, 0.3) is 15.9 Å². The van der Waals surface area contributed by atoms with Crippen LogP contribution < -0.4 is 10.0 Å². The maximum absolute atomic E-state index is 12.8. The summed E-state index contributed by atoms with van der Waals surface area (Å²) in [5, 5.41) is 11.2. The van der Waals surface area contributed by atoms with E-state index in [-0.39, 0.29) is 34.3 Å². The minimum atomic E-state index is -4.62. The third-order valence-corrected chi connectivity index (χ3v) is 5.26. The Balaban J connectivity index is 2.29. The highest BCUT2D eigenvalue weighted by molar-refractivity contribution is 7.92. The molecule has 0 fully saturated rings. The van der Waals surface area contributed by atoms with Gasteiger partial charge in [-0.15, -0.1) is 0 Å². The van der Waals surface area contributed by atoms with Crippen molar-refractivity contribution in [3.05, 3.63) is 58.6 Å². The molecule has 3 N–H and O–H groups in total. The molecule has 152 valence electrons. The highest BCUT2D eigenvalue weighted by Gasteiger charge is 2.30. The number of alkyl halides is 3. The number of anilines is 1. The van der Waals surface area contributed by atoms with Crippen LogP contribution in [0.1, 0.15) is 22.3 Å². The molecule has 0 unspecified atom stereocenters. The van der Waals surface area contributed by atoms with Gasteiger partial charge in [0.05, 0.1) is 21.0 Å². The van der Waals surface area contributed by atoms with E-state index < -0.39 is 27.7 Å². The third kappa shape index (κ3) is 5.60. The summed E-state index contributed by atoms with van der Waals surface area (Å²) < 4.78 is 65.4. The van der Waals surface area contributed by atoms with Crippen molar-refractivity contribution in [1.29, 1.82) is 0 Å². The lowest BCUT2D eigenvalue weighted by molar-refractivity contribution is -0.137. The summed E-state index contributed by atoms with van der Waals surface area (Å²) in [6.45, 7) is 0.0223. The van der Waals surface area contributed by atoms with E-state index in [1.165, 1.54) is 12.1 Å². The van der Waals surface area contributed by atoms with Crippen LogP contribution in [0.2, 0.25) is 5.02 Å². The van der Waals surface area contributed by atoms with Crippen LogP contribution in [-0.4, -0.2) is 32.6 Å². The van der Waals surface area contributed by atoms with Crippen molar-refractivity contribution < 1.29 is 31.5 Å². The summed E-state index contributed by atoms with van der Waals surface area (Å²) in [7, 11) is -4.27. The van der Waals surface area contributed by atoms with Gasteiger partial charge >= 0.3 is 6.18 Å². The van der Waals surface area contributed by atoms with Gasteiger partial charge in [-0.2, -0.15) is 13.2 Å². The van der Waals surface area contributed by atoms with Gasteiger partial charge in [0.1, 0.15) is 0 Å². The zero-order valence-corrected chi connectivity index (χ0v) is 15.8. The molecule has 28 heavy (non-hydrogen) atoms. The molecule has 0 saturated heterocycles. The van der Waals surface area contributed by atoms with Crippen LogP contribution in [0.15, 0.2) is 47.4 Å². The molecule has 0 radical (unpaired) electrons. The lowest BCUT2D eigenvalue weighted by Gasteiger charge is -2.12. The molecule has 0 aliphatic rings. The van der Waals surface area contributed by atoms with Gasteiger partial charge < -0.3 is 10.4 Å². The Morgan fingerprint density at radius 1 is 1.14 bits per heavy atom. The summed E-state index contributed by atoms with van der Waals surface area (Å²) in [6.07, 6.45) is -4.32. The molecule has 0 saturated carbocycles. The van der Waals surface area contributed by atoms with E-state index >= 15 is 0 Å². The van der Waals surface area contributed by atoms with E-state index in [2.05, 4.69) is 5.32 Å². The van der Waals surface area contributed by atoms with Gasteiger partial charge in [0, 0.05) is 18.8 Å². The first-order valence-corrected chi connectivity index (χ1v) is 9.79. The first-order valence-electron chi connectivity index (χ1n) is 7.93. The van der Waals surface area contributed by atoms with Gasteiger partial charge in [0.2, 0.25) is 0 Å². The minimum absolute atomic E-state index is 0.000447. The molecule has 2 rings (SSSR count). The molecular formula is C17H16ClF3N2O4S. The number of carbonyl (C=O) groups is 1. The van der Waals surface area contributed by atoms with E-state index in [9.17, 15) is 26.4 Å². The van der Waals surface area contributed by atoms with Gasteiger partial charge in [0.15, 0.2) is 0 Å². The maximum Gasteiger partial charge on any atom is 0.416 e. The molecular weight excluding hydrogens is 421 g/mol. The molecule has 0 aliphatic heterocycles. The summed E-state index contributed by atoms with van der Waals surface area (Å²) in [5.41, 5.74) is -1.40. The number of nitrogens with one attached hydrogen (secondary N) is 2. The normalized spacial score (nSPS) is 11.9. The predicted molar refractivity (Wildman–Crippen MR) is 97.7 cm³/mol. The lowest BCUT2D eigenvalue weighted by Crippen LogP contribution is -2.25. The number of amides is 1. The SMILES string of the molecule is O=C(NCCCO)c1cc(S(=O)(=O)Nc2cccc(C(F)(F)F)c2)ccc1Cl. The quantitative estimate of drug-likeness (QED) is 0.580. The number of rotatable bonds is 7. The van der Waals surface area contributed by atoms with Crippen LogP contribution in [0.25, 0.3) is 0 Å². The first-order chi connectivity index (χ1) is 13.0. The Morgan fingerprint density at radius 2 is 1.86 bits per heavy atom. The van der Waals surface area contributed by atoms with Crippen LogP contribution in [0.3, 0.4) is 0 Å².